The van der Waals surface area contributed by atoms with Crippen molar-refractivity contribution in [2.75, 3.05) is 6.54 Å². The van der Waals surface area contributed by atoms with Gasteiger partial charge in [0, 0.05) is 6.42 Å². The number of carboxylic acid groups (broad SMARTS) is 1. The highest BCUT2D eigenvalue weighted by Crippen LogP contribution is 2.13. The van der Waals surface area contributed by atoms with E-state index in [1.807, 2.05) is 0 Å². The number of hydrogen-bond donors (Lipinski definition) is 2. The molecule has 1 aromatic carbocycles. The van der Waals surface area contributed by atoms with E-state index in [4.69, 9.17) is 9.84 Å². The van der Waals surface area contributed by atoms with E-state index in [2.05, 4.69) is 5.32 Å². The van der Waals surface area contributed by atoms with Crippen LogP contribution in [0, 0.1) is 5.82 Å². The summed E-state index contributed by atoms with van der Waals surface area (Å²) in [5, 5.41) is 11.4. The molecule has 0 aliphatic heterocycles. The Balaban J connectivity index is 2.60. The maximum absolute atomic E-state index is 12.7. The quantitative estimate of drug-likeness (QED) is 0.800. The molecule has 1 amide bonds. The monoisotopic (exact) mass is 255 g/mol. The van der Waals surface area contributed by atoms with E-state index in [1.54, 1.807) is 6.92 Å². The number of amides is 1. The SMILES string of the molecule is CCC(=O)NCC(Oc1ccc(F)cc1)C(=O)O. The van der Waals surface area contributed by atoms with Gasteiger partial charge in [0.2, 0.25) is 12.0 Å². The maximum Gasteiger partial charge on any atom is 0.346 e. The zero-order chi connectivity index (χ0) is 13.5. The Morgan fingerprint density at radius 2 is 2.00 bits per heavy atom. The summed E-state index contributed by atoms with van der Waals surface area (Å²) < 4.78 is 17.8. The fourth-order valence-electron chi connectivity index (χ4n) is 1.19. The first kappa shape index (κ1) is 14.0. The molecule has 1 unspecified atom stereocenters. The lowest BCUT2D eigenvalue weighted by Gasteiger charge is -2.15. The standard InChI is InChI=1S/C12H14FNO4/c1-2-11(15)14-7-10(12(16)17)18-9-5-3-8(13)4-6-9/h3-6,10H,2,7H2,1H3,(H,14,15)(H,16,17). The van der Waals surface area contributed by atoms with Crippen molar-refractivity contribution < 1.29 is 23.8 Å². The second-order valence-corrected chi connectivity index (χ2v) is 3.56. The van der Waals surface area contributed by atoms with Gasteiger partial charge in [-0.15, -0.1) is 0 Å². The second-order valence-electron chi connectivity index (χ2n) is 3.56. The molecule has 0 saturated heterocycles. The van der Waals surface area contributed by atoms with Crippen LogP contribution in [0.25, 0.3) is 0 Å². The van der Waals surface area contributed by atoms with Gasteiger partial charge in [0.15, 0.2) is 0 Å². The molecular formula is C12H14FNO4. The van der Waals surface area contributed by atoms with Crippen LogP contribution in [-0.2, 0) is 9.59 Å². The first-order valence-corrected chi connectivity index (χ1v) is 5.44. The molecule has 0 aliphatic rings. The van der Waals surface area contributed by atoms with Crippen LogP contribution in [0.1, 0.15) is 13.3 Å². The van der Waals surface area contributed by atoms with E-state index in [9.17, 15) is 14.0 Å². The normalized spacial score (nSPS) is 11.7. The number of halogens is 1. The van der Waals surface area contributed by atoms with Crippen LogP contribution in [0.3, 0.4) is 0 Å². The Morgan fingerprint density at radius 1 is 1.39 bits per heavy atom. The molecule has 5 nitrogen and oxygen atoms in total. The summed E-state index contributed by atoms with van der Waals surface area (Å²) in [4.78, 5) is 21.9. The molecule has 0 aliphatic carbocycles. The molecule has 0 aromatic heterocycles. The van der Waals surface area contributed by atoms with Gasteiger partial charge in [0.05, 0.1) is 6.54 Å². The largest absolute Gasteiger partial charge is 0.478 e. The summed E-state index contributed by atoms with van der Waals surface area (Å²) in [5.74, 6) is -1.66. The molecule has 18 heavy (non-hydrogen) atoms. The van der Waals surface area contributed by atoms with E-state index in [-0.39, 0.29) is 24.6 Å². The van der Waals surface area contributed by atoms with Crippen LogP contribution in [0.15, 0.2) is 24.3 Å². The molecular weight excluding hydrogens is 241 g/mol. The molecule has 2 N–H and O–H groups in total. The molecule has 1 atom stereocenters. The van der Waals surface area contributed by atoms with Crippen molar-refractivity contribution >= 4 is 11.9 Å². The first-order valence-electron chi connectivity index (χ1n) is 5.44. The molecule has 0 saturated carbocycles. The van der Waals surface area contributed by atoms with Crippen LogP contribution < -0.4 is 10.1 Å². The molecule has 0 radical (unpaired) electrons. The number of aliphatic carboxylic acids is 1. The highest BCUT2D eigenvalue weighted by molar-refractivity contribution is 5.78. The van der Waals surface area contributed by atoms with E-state index in [0.717, 1.165) is 0 Å². The number of carbonyl (C=O) groups excluding carboxylic acids is 1. The third-order valence-electron chi connectivity index (χ3n) is 2.17. The molecule has 0 spiro atoms. The van der Waals surface area contributed by atoms with Gasteiger partial charge < -0.3 is 15.2 Å². The number of ether oxygens (including phenoxy) is 1. The number of carboxylic acids is 1. The molecule has 0 fully saturated rings. The van der Waals surface area contributed by atoms with Crippen LogP contribution in [0.4, 0.5) is 4.39 Å². The zero-order valence-corrected chi connectivity index (χ0v) is 9.85. The van der Waals surface area contributed by atoms with Crippen LogP contribution in [0.5, 0.6) is 5.75 Å². The summed E-state index contributed by atoms with van der Waals surface area (Å²) in [6.45, 7) is 1.52. The van der Waals surface area contributed by atoms with Gasteiger partial charge in [-0.2, -0.15) is 0 Å². The number of rotatable bonds is 6. The van der Waals surface area contributed by atoms with E-state index >= 15 is 0 Å². The van der Waals surface area contributed by atoms with Gasteiger partial charge in [-0.05, 0) is 24.3 Å². The highest BCUT2D eigenvalue weighted by Gasteiger charge is 2.19. The Labute approximate surface area is 104 Å². The highest BCUT2D eigenvalue weighted by atomic mass is 19.1. The maximum atomic E-state index is 12.7. The summed E-state index contributed by atoms with van der Waals surface area (Å²) >= 11 is 0. The fraction of sp³-hybridized carbons (Fsp3) is 0.333. The molecule has 1 rings (SSSR count). The van der Waals surface area contributed by atoms with Gasteiger partial charge in [-0.25, -0.2) is 9.18 Å². The summed E-state index contributed by atoms with van der Waals surface area (Å²) in [6.07, 6.45) is -0.936. The predicted molar refractivity (Wildman–Crippen MR) is 61.8 cm³/mol. The van der Waals surface area contributed by atoms with Crippen molar-refractivity contribution in [3.8, 4) is 5.75 Å². The summed E-state index contributed by atoms with van der Waals surface area (Å²) in [7, 11) is 0. The topological polar surface area (TPSA) is 75.6 Å². The van der Waals surface area contributed by atoms with Crippen molar-refractivity contribution in [1.82, 2.24) is 5.32 Å². The Hall–Kier alpha value is -2.11. The predicted octanol–water partition coefficient (Wildman–Crippen LogP) is 1.18. The number of hydrogen-bond acceptors (Lipinski definition) is 3. The third-order valence-corrected chi connectivity index (χ3v) is 2.17. The van der Waals surface area contributed by atoms with Gasteiger partial charge in [0.25, 0.3) is 0 Å². The molecule has 6 heteroatoms. The van der Waals surface area contributed by atoms with E-state index < -0.39 is 17.9 Å². The van der Waals surface area contributed by atoms with E-state index in [1.165, 1.54) is 24.3 Å². The summed E-state index contributed by atoms with van der Waals surface area (Å²) in [6, 6.07) is 4.98. The number of nitrogens with one attached hydrogen (secondary N) is 1. The fourth-order valence-corrected chi connectivity index (χ4v) is 1.19. The van der Waals surface area contributed by atoms with Crippen LogP contribution >= 0.6 is 0 Å². The van der Waals surface area contributed by atoms with Crippen LogP contribution in [-0.4, -0.2) is 29.6 Å². The third kappa shape index (κ3) is 4.40. The number of carbonyl (C=O) groups is 2. The average Bonchev–Trinajstić information content (AvgIpc) is 2.35. The van der Waals surface area contributed by atoms with Crippen molar-refractivity contribution in [3.05, 3.63) is 30.1 Å². The lowest BCUT2D eigenvalue weighted by molar-refractivity contribution is -0.145. The average molecular weight is 255 g/mol. The minimum Gasteiger partial charge on any atom is -0.478 e. The Bertz CT molecular complexity index is 419. The molecule has 0 bridgehead atoms. The lowest BCUT2D eigenvalue weighted by atomic mass is 10.3. The smallest absolute Gasteiger partial charge is 0.346 e. The van der Waals surface area contributed by atoms with Crippen molar-refractivity contribution in [2.45, 2.75) is 19.4 Å². The number of benzene rings is 1. The van der Waals surface area contributed by atoms with E-state index in [0.29, 0.717) is 0 Å². The van der Waals surface area contributed by atoms with Crippen molar-refractivity contribution in [3.63, 3.8) is 0 Å². The van der Waals surface area contributed by atoms with Crippen molar-refractivity contribution in [2.24, 2.45) is 0 Å². The van der Waals surface area contributed by atoms with Gasteiger partial charge in [0.1, 0.15) is 11.6 Å². The van der Waals surface area contributed by atoms with Gasteiger partial charge >= 0.3 is 5.97 Å². The molecule has 0 heterocycles. The van der Waals surface area contributed by atoms with Gasteiger partial charge in [-0.3, -0.25) is 4.79 Å². The lowest BCUT2D eigenvalue weighted by Crippen LogP contribution is -2.40. The van der Waals surface area contributed by atoms with Crippen LogP contribution in [0.2, 0.25) is 0 Å². The Kier molecular flexibility index (Phi) is 5.10. The molecule has 1 aromatic rings. The minimum atomic E-state index is -1.20. The Morgan fingerprint density at radius 3 is 2.50 bits per heavy atom. The first-order chi connectivity index (χ1) is 8.52. The van der Waals surface area contributed by atoms with Crippen molar-refractivity contribution in [1.29, 1.82) is 0 Å². The zero-order valence-electron chi connectivity index (χ0n) is 9.85. The minimum absolute atomic E-state index is 0.140. The molecule has 98 valence electrons. The summed E-state index contributed by atoms with van der Waals surface area (Å²) in [5.41, 5.74) is 0. The second kappa shape index (κ2) is 6.58. The van der Waals surface area contributed by atoms with Gasteiger partial charge in [-0.1, -0.05) is 6.92 Å².